The maximum atomic E-state index is 12.7. The quantitative estimate of drug-likeness (QED) is 0.788. The van der Waals surface area contributed by atoms with E-state index in [0.717, 1.165) is 51.5 Å². The number of aliphatic hydroxyl groups is 1. The van der Waals surface area contributed by atoms with Crippen LogP contribution in [0.2, 0.25) is 0 Å². The third-order valence-electron chi connectivity index (χ3n) is 5.56. The minimum atomic E-state index is -0.202. The van der Waals surface area contributed by atoms with Gasteiger partial charge in [-0.25, -0.2) is 0 Å². The molecule has 1 saturated heterocycles. The van der Waals surface area contributed by atoms with Gasteiger partial charge in [0.05, 0.1) is 6.10 Å². The maximum absolute atomic E-state index is 12.7. The second-order valence-corrected chi connectivity index (χ2v) is 7.03. The Labute approximate surface area is 122 Å². The number of aliphatic hydroxyl groups excluding tert-OH is 1. The number of carbonyl (C=O) groups is 1. The lowest BCUT2D eigenvalue weighted by Crippen LogP contribution is -2.47. The highest BCUT2D eigenvalue weighted by atomic mass is 16.3. The standard InChI is InChI=1S/C17H27NO2/c1-12-8-9-16(19)14(11-12)15-7-4-10-18(15)17(20)13-5-2-3-6-13/h2-3,12-16,19H,4-11H2,1H3/t12-,14+,15+,16+/m1/s1. The molecule has 20 heavy (non-hydrogen) atoms. The van der Waals surface area contributed by atoms with Crippen molar-refractivity contribution >= 4 is 5.91 Å². The van der Waals surface area contributed by atoms with Crippen LogP contribution in [-0.2, 0) is 4.79 Å². The SMILES string of the molecule is C[C@@H]1CC[C@H](O)[C@H]([C@@H]2CCCN2C(=O)C2CC=CC2)C1. The minimum Gasteiger partial charge on any atom is -0.393 e. The van der Waals surface area contributed by atoms with E-state index in [4.69, 9.17) is 0 Å². The molecule has 1 saturated carbocycles. The van der Waals surface area contributed by atoms with E-state index in [9.17, 15) is 9.90 Å². The first-order valence-electron chi connectivity index (χ1n) is 8.30. The first kappa shape index (κ1) is 14.1. The molecular weight excluding hydrogens is 250 g/mol. The molecule has 0 spiro atoms. The highest BCUT2D eigenvalue weighted by Gasteiger charge is 2.41. The Kier molecular flexibility index (Phi) is 4.16. The van der Waals surface area contributed by atoms with Gasteiger partial charge in [-0.3, -0.25) is 4.79 Å². The van der Waals surface area contributed by atoms with Gasteiger partial charge < -0.3 is 10.0 Å². The summed E-state index contributed by atoms with van der Waals surface area (Å²) in [4.78, 5) is 14.8. The van der Waals surface area contributed by atoms with Gasteiger partial charge in [-0.2, -0.15) is 0 Å². The number of likely N-dealkylation sites (tertiary alicyclic amines) is 1. The normalized spacial score (nSPS) is 38.6. The fourth-order valence-corrected chi connectivity index (χ4v) is 4.39. The number of allylic oxidation sites excluding steroid dienone is 2. The molecule has 3 rings (SSSR count). The van der Waals surface area contributed by atoms with Gasteiger partial charge in [0.15, 0.2) is 0 Å². The molecule has 0 aromatic heterocycles. The topological polar surface area (TPSA) is 40.5 Å². The molecule has 3 nitrogen and oxygen atoms in total. The zero-order chi connectivity index (χ0) is 14.1. The van der Waals surface area contributed by atoms with Gasteiger partial charge in [0.1, 0.15) is 0 Å². The fourth-order valence-electron chi connectivity index (χ4n) is 4.39. The van der Waals surface area contributed by atoms with Crippen molar-refractivity contribution in [3.63, 3.8) is 0 Å². The van der Waals surface area contributed by atoms with E-state index < -0.39 is 0 Å². The summed E-state index contributed by atoms with van der Waals surface area (Å²) in [5, 5.41) is 10.4. The highest BCUT2D eigenvalue weighted by molar-refractivity contribution is 5.80. The van der Waals surface area contributed by atoms with Gasteiger partial charge in [-0.1, -0.05) is 19.1 Å². The largest absolute Gasteiger partial charge is 0.393 e. The molecule has 0 unspecified atom stereocenters. The maximum Gasteiger partial charge on any atom is 0.226 e. The molecule has 3 aliphatic rings. The van der Waals surface area contributed by atoms with Crippen molar-refractivity contribution in [3.05, 3.63) is 12.2 Å². The van der Waals surface area contributed by atoms with Crippen molar-refractivity contribution in [3.8, 4) is 0 Å². The van der Waals surface area contributed by atoms with Crippen LogP contribution in [0, 0.1) is 17.8 Å². The molecule has 1 heterocycles. The van der Waals surface area contributed by atoms with Gasteiger partial charge >= 0.3 is 0 Å². The predicted molar refractivity (Wildman–Crippen MR) is 79.1 cm³/mol. The van der Waals surface area contributed by atoms with Crippen LogP contribution in [0.1, 0.15) is 51.9 Å². The molecule has 3 heteroatoms. The molecular formula is C17H27NO2. The summed E-state index contributed by atoms with van der Waals surface area (Å²) in [5.41, 5.74) is 0. The van der Waals surface area contributed by atoms with Crippen LogP contribution in [0.25, 0.3) is 0 Å². The lowest BCUT2D eigenvalue weighted by molar-refractivity contribution is -0.138. The molecule has 0 radical (unpaired) electrons. The molecule has 1 N–H and O–H groups in total. The molecule has 1 amide bonds. The first-order valence-corrected chi connectivity index (χ1v) is 8.30. The molecule has 1 aliphatic heterocycles. The van der Waals surface area contributed by atoms with E-state index in [1.54, 1.807) is 0 Å². The Hall–Kier alpha value is -0.830. The van der Waals surface area contributed by atoms with Crippen molar-refractivity contribution in [2.75, 3.05) is 6.54 Å². The van der Waals surface area contributed by atoms with Crippen LogP contribution in [0.5, 0.6) is 0 Å². The Balaban J connectivity index is 1.69. The molecule has 0 bridgehead atoms. The van der Waals surface area contributed by atoms with Crippen molar-refractivity contribution in [2.24, 2.45) is 17.8 Å². The Morgan fingerprint density at radius 1 is 1.20 bits per heavy atom. The van der Waals surface area contributed by atoms with E-state index in [-0.39, 0.29) is 12.0 Å². The number of nitrogens with zero attached hydrogens (tertiary/aromatic N) is 1. The molecule has 0 aromatic rings. The minimum absolute atomic E-state index is 0.175. The van der Waals surface area contributed by atoms with Gasteiger partial charge in [0, 0.05) is 24.4 Å². The van der Waals surface area contributed by atoms with Crippen LogP contribution in [-0.4, -0.2) is 34.6 Å². The molecule has 4 atom stereocenters. The lowest BCUT2D eigenvalue weighted by Gasteiger charge is -2.40. The van der Waals surface area contributed by atoms with Crippen LogP contribution in [0.4, 0.5) is 0 Å². The van der Waals surface area contributed by atoms with Crippen molar-refractivity contribution < 1.29 is 9.90 Å². The zero-order valence-electron chi connectivity index (χ0n) is 12.5. The second-order valence-electron chi connectivity index (χ2n) is 7.03. The first-order chi connectivity index (χ1) is 9.66. The average Bonchev–Trinajstić information content (AvgIpc) is 3.11. The molecule has 2 aliphatic carbocycles. The summed E-state index contributed by atoms with van der Waals surface area (Å²) in [6, 6.07) is 0.292. The number of rotatable bonds is 2. The van der Waals surface area contributed by atoms with Gasteiger partial charge in [0.2, 0.25) is 5.91 Å². The Bertz CT molecular complexity index is 384. The van der Waals surface area contributed by atoms with Crippen LogP contribution < -0.4 is 0 Å². The summed E-state index contributed by atoms with van der Waals surface area (Å²) >= 11 is 0. The predicted octanol–water partition coefficient (Wildman–Crippen LogP) is 2.74. The van der Waals surface area contributed by atoms with Crippen molar-refractivity contribution in [2.45, 2.75) is 64.0 Å². The van der Waals surface area contributed by atoms with E-state index in [2.05, 4.69) is 24.0 Å². The van der Waals surface area contributed by atoms with Gasteiger partial charge in [0.25, 0.3) is 0 Å². The number of hydrogen-bond donors (Lipinski definition) is 1. The van der Waals surface area contributed by atoms with E-state index in [0.29, 0.717) is 23.8 Å². The number of carbonyl (C=O) groups excluding carboxylic acids is 1. The van der Waals surface area contributed by atoms with Crippen LogP contribution >= 0.6 is 0 Å². The average molecular weight is 277 g/mol. The molecule has 2 fully saturated rings. The zero-order valence-corrected chi connectivity index (χ0v) is 12.5. The Morgan fingerprint density at radius 3 is 2.70 bits per heavy atom. The summed E-state index contributed by atoms with van der Waals surface area (Å²) in [7, 11) is 0. The lowest BCUT2D eigenvalue weighted by atomic mass is 9.76. The number of amides is 1. The molecule has 0 aromatic carbocycles. The van der Waals surface area contributed by atoms with Gasteiger partial charge in [-0.15, -0.1) is 0 Å². The third kappa shape index (κ3) is 2.65. The Morgan fingerprint density at radius 2 is 1.95 bits per heavy atom. The summed E-state index contributed by atoms with van der Waals surface area (Å²) in [6.45, 7) is 3.18. The van der Waals surface area contributed by atoms with E-state index >= 15 is 0 Å². The van der Waals surface area contributed by atoms with E-state index in [1.807, 2.05) is 0 Å². The summed E-state index contributed by atoms with van der Waals surface area (Å²) < 4.78 is 0. The van der Waals surface area contributed by atoms with Crippen molar-refractivity contribution in [1.82, 2.24) is 4.90 Å². The van der Waals surface area contributed by atoms with E-state index in [1.165, 1.54) is 0 Å². The van der Waals surface area contributed by atoms with Gasteiger partial charge in [-0.05, 0) is 50.9 Å². The van der Waals surface area contributed by atoms with Crippen LogP contribution in [0.15, 0.2) is 12.2 Å². The monoisotopic (exact) mass is 277 g/mol. The number of hydrogen-bond acceptors (Lipinski definition) is 2. The summed E-state index contributed by atoms with van der Waals surface area (Å²) in [5.74, 6) is 1.50. The van der Waals surface area contributed by atoms with Crippen LogP contribution in [0.3, 0.4) is 0 Å². The molecule has 112 valence electrons. The van der Waals surface area contributed by atoms with Crippen molar-refractivity contribution in [1.29, 1.82) is 0 Å². The second kappa shape index (κ2) is 5.88. The fraction of sp³-hybridized carbons (Fsp3) is 0.824. The summed E-state index contributed by atoms with van der Waals surface area (Å²) in [6.07, 6.45) is 11.2. The smallest absolute Gasteiger partial charge is 0.226 e. The highest BCUT2D eigenvalue weighted by Crippen LogP contribution is 2.38. The third-order valence-corrected chi connectivity index (χ3v) is 5.56.